The van der Waals surface area contributed by atoms with Crippen LogP contribution >= 0.6 is 11.8 Å². The third-order valence-corrected chi connectivity index (χ3v) is 2.25. The van der Waals surface area contributed by atoms with Crippen LogP contribution in [0.15, 0.2) is 12.3 Å². The molecule has 1 aromatic heterocycles. The molecule has 0 spiro atoms. The van der Waals surface area contributed by atoms with E-state index in [1.165, 1.54) is 0 Å². The summed E-state index contributed by atoms with van der Waals surface area (Å²) in [4.78, 5) is 4.05. The predicted octanol–water partition coefficient (Wildman–Crippen LogP) is 1.67. The summed E-state index contributed by atoms with van der Waals surface area (Å²) in [7, 11) is 0. The summed E-state index contributed by atoms with van der Waals surface area (Å²) >= 11 is 1.76. The Morgan fingerprint density at radius 3 is 3.33 bits per heavy atom. The molecule has 0 bridgehead atoms. The standard InChI is InChI=1S/C8H9NO2S/c1-12-4-6-2-3-9-8-7(6)10-5-11-8/h2-3H,4-5H2,1H3. The Morgan fingerprint density at radius 1 is 1.58 bits per heavy atom. The van der Waals surface area contributed by atoms with Crippen molar-refractivity contribution >= 4 is 11.8 Å². The van der Waals surface area contributed by atoms with E-state index >= 15 is 0 Å². The summed E-state index contributed by atoms with van der Waals surface area (Å²) in [6.45, 7) is 0.299. The van der Waals surface area contributed by atoms with Gasteiger partial charge in [-0.25, -0.2) is 4.98 Å². The summed E-state index contributed by atoms with van der Waals surface area (Å²) in [5.74, 6) is 2.38. The van der Waals surface area contributed by atoms with Crippen molar-refractivity contribution in [1.82, 2.24) is 4.98 Å². The van der Waals surface area contributed by atoms with Crippen LogP contribution in [-0.4, -0.2) is 18.0 Å². The minimum atomic E-state index is 0.299. The van der Waals surface area contributed by atoms with E-state index in [0.29, 0.717) is 12.7 Å². The van der Waals surface area contributed by atoms with Crippen molar-refractivity contribution in [2.24, 2.45) is 0 Å². The van der Waals surface area contributed by atoms with Crippen molar-refractivity contribution in [3.8, 4) is 11.6 Å². The second-order valence-corrected chi connectivity index (χ2v) is 3.31. The number of pyridine rings is 1. The summed E-state index contributed by atoms with van der Waals surface area (Å²) in [6, 6.07) is 1.96. The molecule has 0 aliphatic carbocycles. The van der Waals surface area contributed by atoms with Crippen molar-refractivity contribution in [2.75, 3.05) is 13.0 Å². The van der Waals surface area contributed by atoms with Crippen LogP contribution in [0.4, 0.5) is 0 Å². The van der Waals surface area contributed by atoms with Crippen LogP contribution in [0.5, 0.6) is 11.6 Å². The molecule has 0 saturated carbocycles. The van der Waals surface area contributed by atoms with E-state index in [-0.39, 0.29) is 0 Å². The maximum atomic E-state index is 5.28. The number of rotatable bonds is 2. The summed E-state index contributed by atoms with van der Waals surface area (Å²) in [5, 5.41) is 0. The van der Waals surface area contributed by atoms with E-state index in [0.717, 1.165) is 17.1 Å². The minimum absolute atomic E-state index is 0.299. The number of thioether (sulfide) groups is 1. The maximum Gasteiger partial charge on any atom is 0.260 e. The first-order chi connectivity index (χ1) is 5.92. The Balaban J connectivity index is 2.36. The molecule has 1 aliphatic heterocycles. The van der Waals surface area contributed by atoms with Crippen LogP contribution in [0.3, 0.4) is 0 Å². The van der Waals surface area contributed by atoms with Crippen molar-refractivity contribution in [3.63, 3.8) is 0 Å². The van der Waals surface area contributed by atoms with Crippen LogP contribution in [0, 0.1) is 0 Å². The van der Waals surface area contributed by atoms with Crippen molar-refractivity contribution < 1.29 is 9.47 Å². The molecule has 0 saturated heterocycles. The molecular formula is C8H9NO2S. The maximum absolute atomic E-state index is 5.28. The predicted molar refractivity (Wildman–Crippen MR) is 47.6 cm³/mol. The number of hydrogen-bond donors (Lipinski definition) is 0. The molecule has 0 radical (unpaired) electrons. The zero-order chi connectivity index (χ0) is 8.39. The Bertz CT molecular complexity index is 290. The lowest BCUT2D eigenvalue weighted by molar-refractivity contribution is 0.170. The van der Waals surface area contributed by atoms with Crippen LogP contribution in [0.1, 0.15) is 5.56 Å². The van der Waals surface area contributed by atoms with Crippen LogP contribution in [0.2, 0.25) is 0 Å². The van der Waals surface area contributed by atoms with Gasteiger partial charge in [-0.2, -0.15) is 11.8 Å². The highest BCUT2D eigenvalue weighted by Gasteiger charge is 2.17. The van der Waals surface area contributed by atoms with Gasteiger partial charge in [-0.1, -0.05) is 0 Å². The van der Waals surface area contributed by atoms with E-state index in [1.54, 1.807) is 18.0 Å². The molecular weight excluding hydrogens is 174 g/mol. The molecule has 64 valence electrons. The fraction of sp³-hybridized carbons (Fsp3) is 0.375. The highest BCUT2D eigenvalue weighted by molar-refractivity contribution is 7.97. The molecule has 12 heavy (non-hydrogen) atoms. The van der Waals surface area contributed by atoms with Gasteiger partial charge in [-0.3, -0.25) is 0 Å². The molecule has 0 aromatic carbocycles. The molecule has 3 nitrogen and oxygen atoms in total. The molecule has 2 heterocycles. The number of fused-ring (bicyclic) bond motifs is 1. The first kappa shape index (κ1) is 7.73. The van der Waals surface area contributed by atoms with Gasteiger partial charge >= 0.3 is 0 Å². The van der Waals surface area contributed by atoms with E-state index in [9.17, 15) is 0 Å². The molecule has 1 aliphatic rings. The minimum Gasteiger partial charge on any atom is -0.451 e. The van der Waals surface area contributed by atoms with E-state index < -0.39 is 0 Å². The fourth-order valence-corrected chi connectivity index (χ4v) is 1.68. The van der Waals surface area contributed by atoms with Crippen LogP contribution < -0.4 is 9.47 Å². The average Bonchev–Trinajstić information content (AvgIpc) is 2.53. The smallest absolute Gasteiger partial charge is 0.260 e. The molecule has 4 heteroatoms. The van der Waals surface area contributed by atoms with Gasteiger partial charge in [0.25, 0.3) is 5.88 Å². The van der Waals surface area contributed by atoms with Crippen LogP contribution in [0.25, 0.3) is 0 Å². The van der Waals surface area contributed by atoms with Gasteiger partial charge in [-0.05, 0) is 12.3 Å². The zero-order valence-corrected chi connectivity index (χ0v) is 7.56. The summed E-state index contributed by atoms with van der Waals surface area (Å²) in [5.41, 5.74) is 1.16. The normalized spacial score (nSPS) is 13.4. The van der Waals surface area contributed by atoms with Crippen LogP contribution in [-0.2, 0) is 5.75 Å². The lowest BCUT2D eigenvalue weighted by Crippen LogP contribution is -1.94. The molecule has 0 N–H and O–H groups in total. The SMILES string of the molecule is CSCc1ccnc2c1OCO2. The van der Waals surface area contributed by atoms with Gasteiger partial charge < -0.3 is 9.47 Å². The topological polar surface area (TPSA) is 31.4 Å². The number of ether oxygens (including phenoxy) is 2. The monoisotopic (exact) mass is 183 g/mol. The zero-order valence-electron chi connectivity index (χ0n) is 6.74. The largest absolute Gasteiger partial charge is 0.451 e. The summed E-state index contributed by atoms with van der Waals surface area (Å²) in [6.07, 6.45) is 3.81. The lowest BCUT2D eigenvalue weighted by Gasteiger charge is -2.01. The number of hydrogen-bond acceptors (Lipinski definition) is 4. The van der Waals surface area contributed by atoms with E-state index in [2.05, 4.69) is 11.2 Å². The third-order valence-electron chi connectivity index (χ3n) is 1.65. The van der Waals surface area contributed by atoms with E-state index in [4.69, 9.17) is 9.47 Å². The number of aromatic nitrogens is 1. The van der Waals surface area contributed by atoms with Crippen molar-refractivity contribution in [2.45, 2.75) is 5.75 Å². The fourth-order valence-electron chi connectivity index (χ4n) is 1.14. The molecule has 0 amide bonds. The molecule has 2 rings (SSSR count). The quantitative estimate of drug-likeness (QED) is 0.698. The molecule has 0 unspecified atom stereocenters. The second kappa shape index (κ2) is 3.23. The highest BCUT2D eigenvalue weighted by atomic mass is 32.2. The first-order valence-electron chi connectivity index (χ1n) is 3.64. The third kappa shape index (κ3) is 1.22. The highest BCUT2D eigenvalue weighted by Crippen LogP contribution is 2.34. The molecule has 0 fully saturated rings. The molecule has 1 aromatic rings. The van der Waals surface area contributed by atoms with Crippen molar-refractivity contribution in [3.05, 3.63) is 17.8 Å². The van der Waals surface area contributed by atoms with Gasteiger partial charge in [0.15, 0.2) is 5.75 Å². The Morgan fingerprint density at radius 2 is 2.50 bits per heavy atom. The lowest BCUT2D eigenvalue weighted by atomic mass is 10.3. The Hall–Kier alpha value is -0.900. The average molecular weight is 183 g/mol. The van der Waals surface area contributed by atoms with Gasteiger partial charge in [0.2, 0.25) is 6.79 Å². The Kier molecular flexibility index (Phi) is 2.08. The Labute approximate surface area is 75.1 Å². The second-order valence-electron chi connectivity index (χ2n) is 2.44. The van der Waals surface area contributed by atoms with Gasteiger partial charge in [0.1, 0.15) is 0 Å². The first-order valence-corrected chi connectivity index (χ1v) is 5.03. The molecule has 0 atom stereocenters. The van der Waals surface area contributed by atoms with Gasteiger partial charge in [0, 0.05) is 17.5 Å². The van der Waals surface area contributed by atoms with Gasteiger partial charge in [0.05, 0.1) is 0 Å². The van der Waals surface area contributed by atoms with Crippen molar-refractivity contribution in [1.29, 1.82) is 0 Å². The summed E-state index contributed by atoms with van der Waals surface area (Å²) < 4.78 is 10.4. The van der Waals surface area contributed by atoms with Gasteiger partial charge in [-0.15, -0.1) is 0 Å². The number of nitrogens with zero attached hydrogens (tertiary/aromatic N) is 1. The van der Waals surface area contributed by atoms with E-state index in [1.807, 2.05) is 6.07 Å².